The van der Waals surface area contributed by atoms with Gasteiger partial charge in [0.25, 0.3) is 0 Å². The molecule has 0 spiro atoms. The van der Waals surface area contributed by atoms with Crippen molar-refractivity contribution < 1.29 is 9.32 Å². The number of carbonyl (C=O) groups excluding carboxylic acids is 1. The second-order valence-electron chi connectivity index (χ2n) is 4.49. The lowest BCUT2D eigenvalue weighted by Crippen LogP contribution is -2.56. The highest BCUT2D eigenvalue weighted by atomic mass is 32.2. The zero-order chi connectivity index (χ0) is 11.8. The molecule has 1 aliphatic carbocycles. The van der Waals surface area contributed by atoms with E-state index in [2.05, 4.69) is 10.5 Å². The average molecular weight is 253 g/mol. The molecule has 17 heavy (non-hydrogen) atoms. The van der Waals surface area contributed by atoms with E-state index in [9.17, 15) is 4.79 Å². The highest BCUT2D eigenvalue weighted by molar-refractivity contribution is 8.00. The summed E-state index contributed by atoms with van der Waals surface area (Å²) >= 11 is 1.99. The number of anilines is 1. The van der Waals surface area contributed by atoms with E-state index in [1.165, 1.54) is 12.7 Å². The van der Waals surface area contributed by atoms with Crippen molar-refractivity contribution in [3.05, 3.63) is 12.0 Å². The van der Waals surface area contributed by atoms with Gasteiger partial charge in [-0.2, -0.15) is 11.8 Å². The third kappa shape index (κ3) is 1.90. The topological polar surface area (TPSA) is 58.4 Å². The van der Waals surface area contributed by atoms with Gasteiger partial charge in [-0.1, -0.05) is 5.16 Å². The number of fused-ring (bicyclic) bond motifs is 1. The highest BCUT2D eigenvalue weighted by Gasteiger charge is 2.41. The van der Waals surface area contributed by atoms with Crippen molar-refractivity contribution in [2.24, 2.45) is 0 Å². The maximum Gasteiger partial charge on any atom is 0.322 e. The number of aromatic nitrogens is 1. The molecule has 1 aromatic heterocycles. The Bertz CT molecular complexity index is 434. The van der Waals surface area contributed by atoms with Crippen LogP contribution >= 0.6 is 11.8 Å². The highest BCUT2D eigenvalue weighted by Crippen LogP contribution is 2.39. The van der Waals surface area contributed by atoms with Crippen LogP contribution in [-0.4, -0.2) is 39.7 Å². The number of urea groups is 1. The molecule has 2 unspecified atom stereocenters. The molecule has 3 rings (SSSR count). The Morgan fingerprint density at radius 1 is 1.65 bits per heavy atom. The molecular weight excluding hydrogens is 238 g/mol. The molecule has 1 aliphatic heterocycles. The molecule has 6 heteroatoms. The number of hydrogen-bond donors (Lipinski definition) is 1. The van der Waals surface area contributed by atoms with Gasteiger partial charge in [-0.15, -0.1) is 0 Å². The largest absolute Gasteiger partial charge is 0.362 e. The second kappa shape index (κ2) is 4.25. The monoisotopic (exact) mass is 253 g/mol. The van der Waals surface area contributed by atoms with Crippen molar-refractivity contribution in [1.82, 2.24) is 10.1 Å². The summed E-state index contributed by atoms with van der Waals surface area (Å²) < 4.78 is 4.81. The lowest BCUT2D eigenvalue weighted by molar-refractivity contribution is 0.153. The molecule has 5 nitrogen and oxygen atoms in total. The van der Waals surface area contributed by atoms with Crippen molar-refractivity contribution in [3.8, 4) is 0 Å². The molecular formula is C11H15N3O2S. The smallest absolute Gasteiger partial charge is 0.322 e. The zero-order valence-electron chi connectivity index (χ0n) is 9.68. The first-order chi connectivity index (χ1) is 8.25. The number of aryl methyl sites for hydroxylation is 1. The van der Waals surface area contributed by atoms with E-state index in [0.29, 0.717) is 17.0 Å². The van der Waals surface area contributed by atoms with Gasteiger partial charge in [0.05, 0.1) is 0 Å². The van der Waals surface area contributed by atoms with Crippen LogP contribution in [0.4, 0.5) is 10.5 Å². The molecule has 2 fully saturated rings. The van der Waals surface area contributed by atoms with E-state index < -0.39 is 0 Å². The van der Waals surface area contributed by atoms with E-state index in [1.54, 1.807) is 0 Å². The molecule has 92 valence electrons. The normalized spacial score (nSPS) is 27.2. The average Bonchev–Trinajstić information content (AvgIpc) is 2.66. The van der Waals surface area contributed by atoms with Gasteiger partial charge in [0, 0.05) is 23.6 Å². The fraction of sp³-hybridized carbons (Fsp3) is 0.636. The minimum atomic E-state index is -0.0219. The van der Waals surface area contributed by atoms with Crippen molar-refractivity contribution in [3.63, 3.8) is 0 Å². The van der Waals surface area contributed by atoms with Crippen LogP contribution in [-0.2, 0) is 0 Å². The molecule has 1 saturated carbocycles. The third-order valence-corrected chi connectivity index (χ3v) is 4.89. The lowest BCUT2D eigenvalue weighted by atomic mass is 9.90. The predicted octanol–water partition coefficient (Wildman–Crippen LogP) is 2.09. The molecule has 1 saturated heterocycles. The number of amides is 2. The third-order valence-electron chi connectivity index (χ3n) is 3.49. The first kappa shape index (κ1) is 11.0. The van der Waals surface area contributed by atoms with Crippen LogP contribution in [0.3, 0.4) is 0 Å². The minimum Gasteiger partial charge on any atom is -0.362 e. The number of nitrogens with one attached hydrogen (secondary N) is 1. The minimum absolute atomic E-state index is 0.0219. The Morgan fingerprint density at radius 2 is 2.53 bits per heavy atom. The molecule has 2 aliphatic rings. The Morgan fingerprint density at radius 3 is 3.18 bits per heavy atom. The van der Waals surface area contributed by atoms with Gasteiger partial charge in [-0.25, -0.2) is 4.79 Å². The number of thioether (sulfide) groups is 1. The van der Waals surface area contributed by atoms with Crippen LogP contribution in [0, 0.1) is 6.92 Å². The maximum atomic E-state index is 12.1. The SMILES string of the molecule is Cc1nocc1NC(=O)N1CCSC2CCC21. The van der Waals surface area contributed by atoms with Gasteiger partial charge < -0.3 is 14.7 Å². The maximum absolute atomic E-state index is 12.1. The van der Waals surface area contributed by atoms with Crippen LogP contribution in [0.5, 0.6) is 0 Å². The standard InChI is InChI=1S/C11H15N3O2S/c1-7-8(6-16-13-7)12-11(15)14-4-5-17-10-3-2-9(10)14/h6,9-10H,2-5H2,1H3,(H,12,15). The number of rotatable bonds is 1. The van der Waals surface area contributed by atoms with E-state index in [4.69, 9.17) is 4.52 Å². The fourth-order valence-electron chi connectivity index (χ4n) is 2.32. The zero-order valence-corrected chi connectivity index (χ0v) is 10.5. The van der Waals surface area contributed by atoms with Crippen LogP contribution < -0.4 is 5.32 Å². The summed E-state index contributed by atoms with van der Waals surface area (Å²) in [5.41, 5.74) is 1.39. The molecule has 2 heterocycles. The van der Waals surface area contributed by atoms with Gasteiger partial charge in [-0.05, 0) is 19.8 Å². The Labute approximate surface area is 104 Å². The Kier molecular flexibility index (Phi) is 2.74. The van der Waals surface area contributed by atoms with Crippen LogP contribution in [0.1, 0.15) is 18.5 Å². The van der Waals surface area contributed by atoms with E-state index >= 15 is 0 Å². The summed E-state index contributed by atoms with van der Waals surface area (Å²) in [7, 11) is 0. The molecule has 2 amide bonds. The van der Waals surface area contributed by atoms with Gasteiger partial charge in [0.1, 0.15) is 17.6 Å². The van der Waals surface area contributed by atoms with E-state index in [1.807, 2.05) is 23.6 Å². The van der Waals surface area contributed by atoms with Gasteiger partial charge >= 0.3 is 6.03 Å². The number of nitrogens with zero attached hydrogens (tertiary/aromatic N) is 2. The van der Waals surface area contributed by atoms with E-state index in [0.717, 1.165) is 24.4 Å². The van der Waals surface area contributed by atoms with Crippen molar-refractivity contribution in [1.29, 1.82) is 0 Å². The number of hydrogen-bond acceptors (Lipinski definition) is 4. The summed E-state index contributed by atoms with van der Waals surface area (Å²) in [5.74, 6) is 1.04. The molecule has 0 bridgehead atoms. The van der Waals surface area contributed by atoms with Gasteiger partial charge in [-0.3, -0.25) is 0 Å². The van der Waals surface area contributed by atoms with Crippen molar-refractivity contribution in [2.45, 2.75) is 31.1 Å². The summed E-state index contributed by atoms with van der Waals surface area (Å²) in [4.78, 5) is 14.1. The number of carbonyl (C=O) groups is 1. The summed E-state index contributed by atoms with van der Waals surface area (Å²) in [5, 5.41) is 7.27. The first-order valence-corrected chi connectivity index (χ1v) is 6.91. The first-order valence-electron chi connectivity index (χ1n) is 5.86. The summed E-state index contributed by atoms with van der Waals surface area (Å²) in [6, 6.07) is 0.403. The molecule has 0 radical (unpaired) electrons. The van der Waals surface area contributed by atoms with E-state index in [-0.39, 0.29) is 6.03 Å². The van der Waals surface area contributed by atoms with Crippen LogP contribution in [0.2, 0.25) is 0 Å². The molecule has 1 N–H and O–H groups in total. The Balaban J connectivity index is 1.68. The molecule has 2 atom stereocenters. The Hall–Kier alpha value is -1.17. The fourth-order valence-corrected chi connectivity index (χ4v) is 3.74. The lowest BCUT2D eigenvalue weighted by Gasteiger charge is -2.47. The van der Waals surface area contributed by atoms with Crippen LogP contribution in [0.15, 0.2) is 10.8 Å². The quantitative estimate of drug-likeness (QED) is 0.832. The second-order valence-corrected chi connectivity index (χ2v) is 5.84. The van der Waals surface area contributed by atoms with Crippen molar-refractivity contribution >= 4 is 23.5 Å². The van der Waals surface area contributed by atoms with Crippen molar-refractivity contribution in [2.75, 3.05) is 17.6 Å². The molecule has 0 aromatic carbocycles. The van der Waals surface area contributed by atoms with Crippen LogP contribution in [0.25, 0.3) is 0 Å². The summed E-state index contributed by atoms with van der Waals surface area (Å²) in [6.45, 7) is 2.65. The summed E-state index contributed by atoms with van der Waals surface area (Å²) in [6.07, 6.45) is 3.85. The predicted molar refractivity (Wildman–Crippen MR) is 66.2 cm³/mol. The molecule has 1 aromatic rings. The van der Waals surface area contributed by atoms with Gasteiger partial charge in [0.2, 0.25) is 0 Å². The van der Waals surface area contributed by atoms with Gasteiger partial charge in [0.15, 0.2) is 0 Å².